The zero-order valence-electron chi connectivity index (χ0n) is 23.4. The molecule has 1 spiro atoms. The summed E-state index contributed by atoms with van der Waals surface area (Å²) in [4.78, 5) is 16.3. The number of nitrogens with one attached hydrogen (secondary N) is 1. The first-order chi connectivity index (χ1) is 19.4. The van der Waals surface area contributed by atoms with E-state index in [-0.39, 0.29) is 18.6 Å². The maximum Gasteiger partial charge on any atom is 0.230 e. The Kier molecular flexibility index (Phi) is 9.42. The van der Waals surface area contributed by atoms with Gasteiger partial charge in [-0.25, -0.2) is 8.78 Å². The molecule has 2 aromatic rings. The summed E-state index contributed by atoms with van der Waals surface area (Å²) in [6, 6.07) is 6.85. The molecule has 2 aromatic carbocycles. The van der Waals surface area contributed by atoms with E-state index in [1.807, 2.05) is 4.90 Å². The lowest BCUT2D eigenvalue weighted by molar-refractivity contribution is -0.157. The predicted octanol–water partition coefficient (Wildman–Crippen LogP) is 5.30. The molecule has 1 saturated carbocycles. The van der Waals surface area contributed by atoms with Crippen LogP contribution in [-0.4, -0.2) is 57.4 Å². The summed E-state index contributed by atoms with van der Waals surface area (Å²) in [7, 11) is 3.39. The summed E-state index contributed by atoms with van der Waals surface area (Å²) in [5.41, 5.74) is 3.41. The summed E-state index contributed by atoms with van der Waals surface area (Å²) in [6.45, 7) is 2.93. The van der Waals surface area contributed by atoms with E-state index in [4.69, 9.17) is 25.8 Å². The summed E-state index contributed by atoms with van der Waals surface area (Å²) < 4.78 is 45.2. The first-order valence-corrected chi connectivity index (χ1v) is 14.7. The zero-order valence-corrected chi connectivity index (χ0v) is 24.1. The average Bonchev–Trinajstić information content (AvgIpc) is 3.74. The molecule has 6 nitrogen and oxygen atoms in total. The highest BCUT2D eigenvalue weighted by molar-refractivity contribution is 6.32. The van der Waals surface area contributed by atoms with Crippen LogP contribution in [0, 0.1) is 17.6 Å². The van der Waals surface area contributed by atoms with Gasteiger partial charge in [0.25, 0.3) is 0 Å². The van der Waals surface area contributed by atoms with E-state index in [0.717, 1.165) is 49.7 Å². The van der Waals surface area contributed by atoms with E-state index in [1.165, 1.54) is 17.7 Å². The van der Waals surface area contributed by atoms with Crippen LogP contribution in [0.3, 0.4) is 0 Å². The molecule has 9 heteroatoms. The first kappa shape index (κ1) is 29.4. The molecule has 218 valence electrons. The number of ether oxygens (including phenoxy) is 3. The smallest absolute Gasteiger partial charge is 0.230 e. The lowest BCUT2D eigenvalue weighted by Gasteiger charge is -2.43. The fraction of sp³-hybridized carbons (Fsp3) is 0.581. The number of amides is 1. The Morgan fingerprint density at radius 1 is 1.07 bits per heavy atom. The first-order valence-electron chi connectivity index (χ1n) is 14.3. The van der Waals surface area contributed by atoms with Gasteiger partial charge in [-0.3, -0.25) is 4.79 Å². The Balaban J connectivity index is 1.44. The van der Waals surface area contributed by atoms with E-state index in [1.54, 1.807) is 14.2 Å². The molecule has 2 atom stereocenters. The molecular weight excluding hydrogens is 538 g/mol. The van der Waals surface area contributed by atoms with Gasteiger partial charge in [0.1, 0.15) is 5.60 Å². The second-order valence-corrected chi connectivity index (χ2v) is 11.6. The van der Waals surface area contributed by atoms with Crippen LogP contribution >= 0.6 is 11.6 Å². The lowest BCUT2D eigenvalue weighted by atomic mass is 9.75. The standard InChI is InChI=1S/C31H39ClF2N2O4/c1-38-11-3-5-20-13-21(6-4-12-39-2)29(32)22(14-20)18-36(24-7-8-24)30(37)26-17-35-10-9-31(26)25-16-28(34)27(33)15-23(25)19-40-31/h13-16,24,26,35H,3-12,17-19H2,1-2H3/t26-,31?/m1/s1. The largest absolute Gasteiger partial charge is 0.385 e. The molecule has 0 radical (unpaired) electrons. The number of methoxy groups -OCH3 is 2. The molecule has 1 saturated heterocycles. The highest BCUT2D eigenvalue weighted by atomic mass is 35.5. The number of piperidine rings is 1. The van der Waals surface area contributed by atoms with Crippen molar-refractivity contribution in [3.63, 3.8) is 0 Å². The van der Waals surface area contributed by atoms with E-state index >= 15 is 0 Å². The highest BCUT2D eigenvalue weighted by Crippen LogP contribution is 2.48. The van der Waals surface area contributed by atoms with Crippen LogP contribution < -0.4 is 5.32 Å². The molecule has 3 aliphatic rings. The van der Waals surface area contributed by atoms with Crippen molar-refractivity contribution in [3.8, 4) is 0 Å². The van der Waals surface area contributed by atoms with E-state index < -0.39 is 23.2 Å². The number of carbonyl (C=O) groups excluding carboxylic acids is 1. The number of halogens is 3. The van der Waals surface area contributed by atoms with Gasteiger partial charge in [-0.2, -0.15) is 0 Å². The molecule has 1 unspecified atom stereocenters. The van der Waals surface area contributed by atoms with Crippen molar-refractivity contribution < 1.29 is 27.8 Å². The molecule has 2 aliphatic heterocycles. The molecule has 1 N–H and O–H groups in total. The van der Waals surface area contributed by atoms with Crippen LogP contribution in [0.15, 0.2) is 24.3 Å². The van der Waals surface area contributed by atoms with Gasteiger partial charge in [0.05, 0.1) is 12.5 Å². The molecule has 2 heterocycles. The summed E-state index contributed by atoms with van der Waals surface area (Å²) in [5.74, 6) is -2.39. The second-order valence-electron chi connectivity index (χ2n) is 11.2. The van der Waals surface area contributed by atoms with Crippen molar-refractivity contribution in [2.24, 2.45) is 5.92 Å². The molecule has 5 rings (SSSR count). The summed E-state index contributed by atoms with van der Waals surface area (Å²) in [6.07, 6.45) is 5.77. The van der Waals surface area contributed by atoms with Crippen molar-refractivity contribution in [2.75, 3.05) is 40.5 Å². The van der Waals surface area contributed by atoms with Crippen molar-refractivity contribution in [3.05, 3.63) is 68.7 Å². The van der Waals surface area contributed by atoms with Gasteiger partial charge in [-0.05, 0) is 91.4 Å². The molecule has 0 aromatic heterocycles. The minimum absolute atomic E-state index is 0.0333. The second kappa shape index (κ2) is 12.8. The van der Waals surface area contributed by atoms with E-state index in [9.17, 15) is 13.6 Å². The number of carbonyl (C=O) groups is 1. The highest BCUT2D eigenvalue weighted by Gasteiger charge is 2.53. The average molecular weight is 577 g/mol. The van der Waals surface area contributed by atoms with Gasteiger partial charge in [0.2, 0.25) is 5.91 Å². The third-order valence-electron chi connectivity index (χ3n) is 8.47. The molecular formula is C31H39ClF2N2O4. The topological polar surface area (TPSA) is 60.0 Å². The third kappa shape index (κ3) is 6.07. The number of hydrogen-bond donors (Lipinski definition) is 1. The monoisotopic (exact) mass is 576 g/mol. The van der Waals surface area contributed by atoms with Crippen LogP contribution in [0.5, 0.6) is 0 Å². The quantitative estimate of drug-likeness (QED) is 0.347. The molecule has 1 aliphatic carbocycles. The number of hydrogen-bond acceptors (Lipinski definition) is 5. The van der Waals surface area contributed by atoms with Crippen LogP contribution in [0.2, 0.25) is 5.02 Å². The summed E-state index contributed by atoms with van der Waals surface area (Å²) in [5, 5.41) is 4.04. The van der Waals surface area contributed by atoms with Gasteiger partial charge in [-0.1, -0.05) is 23.7 Å². The van der Waals surface area contributed by atoms with Crippen LogP contribution in [0.1, 0.15) is 59.9 Å². The van der Waals surface area contributed by atoms with E-state index in [0.29, 0.717) is 55.4 Å². The Morgan fingerprint density at radius 2 is 1.77 bits per heavy atom. The van der Waals surface area contributed by atoms with Gasteiger partial charge in [0, 0.05) is 51.6 Å². The minimum atomic E-state index is -0.976. The van der Waals surface area contributed by atoms with Gasteiger partial charge >= 0.3 is 0 Å². The fourth-order valence-electron chi connectivity index (χ4n) is 6.28. The van der Waals surface area contributed by atoms with Gasteiger partial charge < -0.3 is 24.4 Å². The molecule has 1 amide bonds. The predicted molar refractivity (Wildman–Crippen MR) is 149 cm³/mol. The number of nitrogens with zero attached hydrogens (tertiary/aromatic N) is 1. The Bertz CT molecular complexity index is 1220. The van der Waals surface area contributed by atoms with E-state index in [2.05, 4.69) is 17.4 Å². The zero-order chi connectivity index (χ0) is 28.3. The van der Waals surface area contributed by atoms with Crippen molar-refractivity contribution in [1.29, 1.82) is 0 Å². The third-order valence-corrected chi connectivity index (χ3v) is 8.96. The number of rotatable bonds is 12. The molecule has 40 heavy (non-hydrogen) atoms. The number of benzene rings is 2. The van der Waals surface area contributed by atoms with Crippen LogP contribution in [0.4, 0.5) is 8.78 Å². The SMILES string of the molecule is COCCCc1cc(CCCOC)c(Cl)c(CN(C(=O)[C@H]2CNCCC23OCc2cc(F)c(F)cc23)C2CC2)c1. The van der Waals surface area contributed by atoms with Crippen LogP contribution in [0.25, 0.3) is 0 Å². The number of aryl methyl sites for hydroxylation is 2. The van der Waals surface area contributed by atoms with Crippen molar-refractivity contribution in [2.45, 2.75) is 69.7 Å². The van der Waals surface area contributed by atoms with Gasteiger partial charge in [0.15, 0.2) is 11.6 Å². The van der Waals surface area contributed by atoms with Gasteiger partial charge in [-0.15, -0.1) is 0 Å². The summed E-state index contributed by atoms with van der Waals surface area (Å²) >= 11 is 6.98. The van der Waals surface area contributed by atoms with Crippen LogP contribution in [-0.2, 0) is 50.6 Å². The Morgan fingerprint density at radius 3 is 2.50 bits per heavy atom. The Hall–Kier alpha value is -2.10. The fourth-order valence-corrected chi connectivity index (χ4v) is 6.54. The Labute approximate surface area is 240 Å². The van der Waals surface area contributed by atoms with Crippen molar-refractivity contribution in [1.82, 2.24) is 10.2 Å². The minimum Gasteiger partial charge on any atom is -0.385 e. The normalized spacial score (nSPS) is 22.1. The maximum atomic E-state index is 14.4. The maximum absolute atomic E-state index is 14.4. The molecule has 0 bridgehead atoms. The van der Waals surface area contributed by atoms with Crippen molar-refractivity contribution >= 4 is 17.5 Å². The lowest BCUT2D eigenvalue weighted by Crippen LogP contribution is -2.55. The number of fused-ring (bicyclic) bond motifs is 2. The molecule has 2 fully saturated rings.